The highest BCUT2D eigenvalue weighted by Crippen LogP contribution is 2.34. The van der Waals surface area contributed by atoms with Gasteiger partial charge in [0, 0.05) is 24.8 Å². The number of pyridine rings is 1. The number of fused-ring (bicyclic) bond motifs is 1. The molecule has 164 valence electrons. The Kier molecular flexibility index (Phi) is 7.25. The summed E-state index contributed by atoms with van der Waals surface area (Å²) in [7, 11) is 0. The van der Waals surface area contributed by atoms with E-state index >= 15 is 0 Å². The van der Waals surface area contributed by atoms with Crippen molar-refractivity contribution in [1.82, 2.24) is 15.2 Å². The molecule has 0 bridgehead atoms. The molecule has 1 atom stereocenters. The molecule has 0 spiro atoms. The van der Waals surface area contributed by atoms with Gasteiger partial charge in [-0.15, -0.1) is 0 Å². The molecule has 1 saturated heterocycles. The van der Waals surface area contributed by atoms with Crippen molar-refractivity contribution < 1.29 is 9.59 Å². The van der Waals surface area contributed by atoms with Gasteiger partial charge in [0.2, 0.25) is 5.91 Å². The van der Waals surface area contributed by atoms with Gasteiger partial charge < -0.3 is 15.1 Å². The number of anilines is 1. The van der Waals surface area contributed by atoms with Gasteiger partial charge in [0.15, 0.2) is 0 Å². The van der Waals surface area contributed by atoms with Crippen LogP contribution >= 0.6 is 11.8 Å². The van der Waals surface area contributed by atoms with Crippen molar-refractivity contribution in [2.45, 2.75) is 37.8 Å². The zero-order valence-corrected chi connectivity index (χ0v) is 18.9. The molecule has 7 heteroatoms. The molecule has 6 nitrogen and oxygen atoms in total. The highest BCUT2D eigenvalue weighted by Gasteiger charge is 2.25. The fraction of sp³-hybridized carbons (Fsp3) is 0.458. The number of aromatic nitrogens is 1. The second kappa shape index (κ2) is 10.3. The maximum atomic E-state index is 12.5. The average molecular weight is 439 g/mol. The molecule has 0 radical (unpaired) electrons. The van der Waals surface area contributed by atoms with E-state index in [2.05, 4.69) is 22.1 Å². The highest BCUT2D eigenvalue weighted by atomic mass is 32.2. The number of carbonyl (C=O) groups excluding carboxylic acids is 2. The summed E-state index contributed by atoms with van der Waals surface area (Å²) < 4.78 is 0. The van der Waals surface area contributed by atoms with E-state index in [0.29, 0.717) is 24.4 Å². The van der Waals surface area contributed by atoms with Gasteiger partial charge in [-0.25, -0.2) is 4.98 Å². The lowest BCUT2D eigenvalue weighted by Crippen LogP contribution is -2.36. The van der Waals surface area contributed by atoms with E-state index in [1.807, 2.05) is 36.4 Å². The van der Waals surface area contributed by atoms with Crippen molar-refractivity contribution in [2.24, 2.45) is 5.92 Å². The number of piperidine rings is 1. The summed E-state index contributed by atoms with van der Waals surface area (Å²) in [4.78, 5) is 33.5. The smallest absolute Gasteiger partial charge is 0.251 e. The Labute approximate surface area is 188 Å². The van der Waals surface area contributed by atoms with E-state index in [1.165, 1.54) is 37.7 Å². The van der Waals surface area contributed by atoms with Gasteiger partial charge in [0.25, 0.3) is 5.91 Å². The normalized spacial score (nSPS) is 19.2. The number of likely N-dealkylation sites (tertiary alicyclic amines) is 1. The number of rotatable bonds is 7. The molecule has 1 aromatic carbocycles. The van der Waals surface area contributed by atoms with Crippen LogP contribution in [0.1, 0.15) is 42.1 Å². The van der Waals surface area contributed by atoms with Crippen LogP contribution in [-0.2, 0) is 11.3 Å². The maximum absolute atomic E-state index is 12.5. The fourth-order valence-corrected chi connectivity index (χ4v) is 5.13. The number of nitrogens with zero attached hydrogens (tertiary/aromatic N) is 3. The van der Waals surface area contributed by atoms with Gasteiger partial charge >= 0.3 is 0 Å². The predicted molar refractivity (Wildman–Crippen MR) is 124 cm³/mol. The minimum atomic E-state index is -0.0430. The molecular weight excluding hydrogens is 408 g/mol. The van der Waals surface area contributed by atoms with Crippen LogP contribution < -0.4 is 10.2 Å². The zero-order valence-electron chi connectivity index (χ0n) is 18.0. The molecule has 3 heterocycles. The quantitative estimate of drug-likeness (QED) is 0.670. The lowest BCUT2D eigenvalue weighted by atomic mass is 10.0. The Morgan fingerprint density at radius 3 is 2.90 bits per heavy atom. The highest BCUT2D eigenvalue weighted by molar-refractivity contribution is 8.00. The van der Waals surface area contributed by atoms with Crippen LogP contribution in [0.15, 0.2) is 47.6 Å². The summed E-state index contributed by atoms with van der Waals surface area (Å²) in [6, 6.07) is 11.3. The van der Waals surface area contributed by atoms with Gasteiger partial charge in [-0.05, 0) is 68.1 Å². The third-order valence-corrected chi connectivity index (χ3v) is 6.89. The Hall–Kier alpha value is -2.38. The summed E-state index contributed by atoms with van der Waals surface area (Å²) in [5.74, 6) is 1.22. The van der Waals surface area contributed by atoms with Crippen LogP contribution in [0.5, 0.6) is 0 Å². The molecule has 4 rings (SSSR count). The Balaban J connectivity index is 1.27. The molecule has 2 aromatic rings. The van der Waals surface area contributed by atoms with E-state index in [9.17, 15) is 9.59 Å². The number of amides is 2. The summed E-state index contributed by atoms with van der Waals surface area (Å²) in [5.41, 5.74) is 2.50. The van der Waals surface area contributed by atoms with E-state index < -0.39 is 0 Å². The van der Waals surface area contributed by atoms with Gasteiger partial charge in [-0.3, -0.25) is 9.59 Å². The molecule has 31 heavy (non-hydrogen) atoms. The number of benzene rings is 1. The molecule has 1 fully saturated rings. The first-order valence-corrected chi connectivity index (χ1v) is 12.1. The van der Waals surface area contributed by atoms with Gasteiger partial charge in [0.05, 0.1) is 18.0 Å². The Morgan fingerprint density at radius 1 is 1.26 bits per heavy atom. The minimum absolute atomic E-state index is 0.0430. The maximum Gasteiger partial charge on any atom is 0.251 e. The van der Waals surface area contributed by atoms with Crippen LogP contribution in [0, 0.1) is 5.92 Å². The van der Waals surface area contributed by atoms with E-state index in [-0.39, 0.29) is 11.8 Å². The van der Waals surface area contributed by atoms with Crippen molar-refractivity contribution >= 4 is 29.3 Å². The summed E-state index contributed by atoms with van der Waals surface area (Å²) in [6.45, 7) is 6.88. The van der Waals surface area contributed by atoms with Crippen molar-refractivity contribution in [1.29, 1.82) is 0 Å². The lowest BCUT2D eigenvalue weighted by molar-refractivity contribution is -0.116. The van der Waals surface area contributed by atoms with Crippen LogP contribution in [0.3, 0.4) is 0 Å². The predicted octanol–water partition coefficient (Wildman–Crippen LogP) is 3.57. The second-order valence-electron chi connectivity index (χ2n) is 8.45. The lowest BCUT2D eigenvalue weighted by Gasteiger charge is -2.30. The SMILES string of the molecule is C[C@H]1CCCN(CCCNC(=O)c2ccc(CN3C(=O)CSc4ncccc43)cc2)C1. The Bertz CT molecular complexity index is 918. The topological polar surface area (TPSA) is 65.5 Å². The van der Waals surface area contributed by atoms with E-state index in [1.54, 1.807) is 11.1 Å². The summed E-state index contributed by atoms with van der Waals surface area (Å²) in [6.07, 6.45) is 5.33. The molecule has 0 aliphatic carbocycles. The van der Waals surface area contributed by atoms with Gasteiger partial charge in [-0.2, -0.15) is 0 Å². The molecule has 1 N–H and O–H groups in total. The molecule has 1 aromatic heterocycles. The largest absolute Gasteiger partial charge is 0.352 e. The Morgan fingerprint density at radius 2 is 2.10 bits per heavy atom. The van der Waals surface area contributed by atoms with Crippen molar-refractivity contribution in [3.63, 3.8) is 0 Å². The van der Waals surface area contributed by atoms with Crippen molar-refractivity contribution in [2.75, 3.05) is 36.8 Å². The molecule has 0 unspecified atom stereocenters. The monoisotopic (exact) mass is 438 g/mol. The van der Waals surface area contributed by atoms with Crippen LogP contribution in [0.25, 0.3) is 0 Å². The summed E-state index contributed by atoms with van der Waals surface area (Å²) >= 11 is 1.48. The van der Waals surface area contributed by atoms with Crippen LogP contribution in [0.4, 0.5) is 5.69 Å². The number of hydrogen-bond acceptors (Lipinski definition) is 5. The third-order valence-electron chi connectivity index (χ3n) is 5.91. The first kappa shape index (κ1) is 21.8. The second-order valence-corrected chi connectivity index (χ2v) is 9.41. The molecular formula is C24H30N4O2S. The molecule has 2 amide bonds. The average Bonchev–Trinajstić information content (AvgIpc) is 2.79. The number of nitrogens with one attached hydrogen (secondary N) is 1. The minimum Gasteiger partial charge on any atom is -0.352 e. The van der Waals surface area contributed by atoms with E-state index in [0.717, 1.165) is 35.2 Å². The number of thioether (sulfide) groups is 1. The standard InChI is InChI=1S/C24H30N4O2S/c1-18-5-3-13-27(15-18)14-4-12-25-23(30)20-9-7-19(8-10-20)16-28-21-6-2-11-26-24(21)31-17-22(28)29/h2,6-11,18H,3-5,12-17H2,1H3,(H,25,30)/t18-/m0/s1. The number of carbonyl (C=O) groups is 2. The van der Waals surface area contributed by atoms with Crippen LogP contribution in [-0.4, -0.2) is 53.6 Å². The molecule has 2 aliphatic rings. The molecule has 2 aliphatic heterocycles. The van der Waals surface area contributed by atoms with Gasteiger partial charge in [-0.1, -0.05) is 30.8 Å². The van der Waals surface area contributed by atoms with Crippen molar-refractivity contribution in [3.05, 3.63) is 53.7 Å². The molecule has 0 saturated carbocycles. The number of hydrogen-bond donors (Lipinski definition) is 1. The van der Waals surface area contributed by atoms with E-state index in [4.69, 9.17) is 0 Å². The third kappa shape index (κ3) is 5.66. The first-order chi connectivity index (χ1) is 15.1. The fourth-order valence-electron chi connectivity index (χ4n) is 4.26. The first-order valence-electron chi connectivity index (χ1n) is 11.1. The van der Waals surface area contributed by atoms with Crippen molar-refractivity contribution in [3.8, 4) is 0 Å². The van der Waals surface area contributed by atoms with Crippen LogP contribution in [0.2, 0.25) is 0 Å². The van der Waals surface area contributed by atoms with Gasteiger partial charge in [0.1, 0.15) is 5.03 Å². The summed E-state index contributed by atoms with van der Waals surface area (Å²) in [5, 5.41) is 3.92. The zero-order chi connectivity index (χ0) is 21.6.